The molecule has 3 aromatic rings. The van der Waals surface area contributed by atoms with Gasteiger partial charge in [0.2, 0.25) is 0 Å². The molecule has 0 unspecified atom stereocenters. The minimum atomic E-state index is 0.845. The van der Waals surface area contributed by atoms with E-state index < -0.39 is 0 Å². The van der Waals surface area contributed by atoms with Crippen molar-refractivity contribution in [3.8, 4) is 0 Å². The zero-order valence-corrected chi connectivity index (χ0v) is 16.7. The molecular formula is C23H26N6. The molecule has 0 aliphatic carbocycles. The summed E-state index contributed by atoms with van der Waals surface area (Å²) >= 11 is 0. The molecule has 5 rings (SSSR count). The van der Waals surface area contributed by atoms with Gasteiger partial charge in [0.05, 0.1) is 23.4 Å². The number of aliphatic imine (C=N–C) groups is 1. The van der Waals surface area contributed by atoms with E-state index >= 15 is 0 Å². The predicted octanol–water partition coefficient (Wildman–Crippen LogP) is 3.25. The first-order valence-corrected chi connectivity index (χ1v) is 10.5. The molecule has 4 heterocycles. The third-order valence-electron chi connectivity index (χ3n) is 5.78. The van der Waals surface area contributed by atoms with Crippen molar-refractivity contribution in [3.63, 3.8) is 0 Å². The van der Waals surface area contributed by atoms with Crippen LogP contribution in [0.5, 0.6) is 0 Å². The van der Waals surface area contributed by atoms with Crippen molar-refractivity contribution >= 4 is 5.71 Å². The molecule has 148 valence electrons. The molecule has 0 bridgehead atoms. The lowest BCUT2D eigenvalue weighted by atomic mass is 10.1. The number of benzene rings is 1. The van der Waals surface area contributed by atoms with Gasteiger partial charge in [-0.1, -0.05) is 30.3 Å². The maximum Gasteiger partial charge on any atom is 0.173 e. The van der Waals surface area contributed by atoms with E-state index in [0.29, 0.717) is 0 Å². The Morgan fingerprint density at radius 3 is 2.76 bits per heavy atom. The minimum absolute atomic E-state index is 0.845. The molecule has 2 aliphatic rings. The lowest BCUT2D eigenvalue weighted by Crippen LogP contribution is -2.32. The molecule has 6 nitrogen and oxygen atoms in total. The number of aromatic nitrogens is 4. The molecule has 0 fully saturated rings. The molecule has 1 aromatic carbocycles. The quantitative estimate of drug-likeness (QED) is 0.675. The van der Waals surface area contributed by atoms with Crippen LogP contribution in [-0.4, -0.2) is 43.2 Å². The lowest BCUT2D eigenvalue weighted by molar-refractivity contribution is 0.237. The van der Waals surface area contributed by atoms with Crippen LogP contribution in [0.2, 0.25) is 0 Å². The van der Waals surface area contributed by atoms with Gasteiger partial charge >= 0.3 is 0 Å². The van der Waals surface area contributed by atoms with Gasteiger partial charge in [-0.05, 0) is 24.8 Å². The van der Waals surface area contributed by atoms with Crippen LogP contribution in [-0.2, 0) is 26.1 Å². The van der Waals surface area contributed by atoms with Crippen molar-refractivity contribution in [1.82, 2.24) is 24.4 Å². The highest BCUT2D eigenvalue weighted by Gasteiger charge is 2.21. The van der Waals surface area contributed by atoms with E-state index in [1.54, 1.807) is 0 Å². The first-order valence-electron chi connectivity index (χ1n) is 10.5. The number of hydrogen-bond donors (Lipinski definition) is 0. The second kappa shape index (κ2) is 8.25. The molecule has 0 spiro atoms. The molecule has 0 saturated heterocycles. The molecule has 29 heavy (non-hydrogen) atoms. The highest BCUT2D eigenvalue weighted by atomic mass is 15.2. The topological polar surface area (TPSA) is 59.2 Å². The highest BCUT2D eigenvalue weighted by molar-refractivity contribution is 5.97. The zero-order valence-electron chi connectivity index (χ0n) is 16.7. The Morgan fingerprint density at radius 2 is 1.90 bits per heavy atom. The summed E-state index contributed by atoms with van der Waals surface area (Å²) < 4.78 is 2.24. The summed E-state index contributed by atoms with van der Waals surface area (Å²) in [6, 6.07) is 10.5. The van der Waals surface area contributed by atoms with E-state index in [9.17, 15) is 0 Å². The summed E-state index contributed by atoms with van der Waals surface area (Å²) in [6.07, 6.45) is 10.3. The van der Waals surface area contributed by atoms with Crippen LogP contribution in [0.25, 0.3) is 0 Å². The van der Waals surface area contributed by atoms with Crippen molar-refractivity contribution in [1.29, 1.82) is 0 Å². The Bertz CT molecular complexity index is 1010. The smallest absolute Gasteiger partial charge is 0.173 e. The Hall–Kier alpha value is -2.86. The fourth-order valence-electron chi connectivity index (χ4n) is 4.16. The first kappa shape index (κ1) is 18.2. The van der Waals surface area contributed by atoms with Gasteiger partial charge in [0.15, 0.2) is 5.82 Å². The molecule has 0 radical (unpaired) electrons. The summed E-state index contributed by atoms with van der Waals surface area (Å²) in [4.78, 5) is 21.0. The second-order valence-corrected chi connectivity index (χ2v) is 7.91. The van der Waals surface area contributed by atoms with E-state index in [0.717, 1.165) is 57.1 Å². The van der Waals surface area contributed by atoms with Gasteiger partial charge < -0.3 is 4.57 Å². The third kappa shape index (κ3) is 4.12. The summed E-state index contributed by atoms with van der Waals surface area (Å²) in [7, 11) is 0. The van der Waals surface area contributed by atoms with Crippen LogP contribution in [0, 0.1) is 0 Å². The van der Waals surface area contributed by atoms with E-state index in [4.69, 9.17) is 4.98 Å². The Labute approximate surface area is 171 Å². The predicted molar refractivity (Wildman–Crippen MR) is 113 cm³/mol. The van der Waals surface area contributed by atoms with Crippen LogP contribution in [0.4, 0.5) is 0 Å². The second-order valence-electron chi connectivity index (χ2n) is 7.91. The largest absolute Gasteiger partial charge is 0.329 e. The summed E-state index contributed by atoms with van der Waals surface area (Å²) in [5, 5.41) is 0. The number of fused-ring (bicyclic) bond motifs is 1. The minimum Gasteiger partial charge on any atom is -0.329 e. The third-order valence-corrected chi connectivity index (χ3v) is 5.78. The monoisotopic (exact) mass is 386 g/mol. The SMILES string of the molecule is c1ccc(Cn2cncc2CN2CCc3nc(C4=NCCCC4)ncc3C2)cc1. The van der Waals surface area contributed by atoms with Gasteiger partial charge in [0, 0.05) is 57.1 Å². The van der Waals surface area contributed by atoms with Gasteiger partial charge in [0.1, 0.15) is 0 Å². The Kier molecular flexibility index (Phi) is 5.17. The highest BCUT2D eigenvalue weighted by Crippen LogP contribution is 2.20. The molecule has 2 aromatic heterocycles. The first-order chi connectivity index (χ1) is 14.3. The van der Waals surface area contributed by atoms with Crippen molar-refractivity contribution in [2.24, 2.45) is 4.99 Å². The van der Waals surface area contributed by atoms with Crippen LogP contribution in [0.15, 0.2) is 54.0 Å². The normalized spacial score (nSPS) is 17.0. The fraction of sp³-hybridized carbons (Fsp3) is 0.391. The van der Waals surface area contributed by atoms with Gasteiger partial charge in [0.25, 0.3) is 0 Å². The number of nitrogens with zero attached hydrogens (tertiary/aromatic N) is 6. The average molecular weight is 387 g/mol. The molecule has 0 N–H and O–H groups in total. The molecular weight excluding hydrogens is 360 g/mol. The summed E-state index contributed by atoms with van der Waals surface area (Å²) in [5.74, 6) is 0.845. The van der Waals surface area contributed by atoms with E-state index in [2.05, 4.69) is 54.8 Å². The van der Waals surface area contributed by atoms with Crippen molar-refractivity contribution < 1.29 is 0 Å². The van der Waals surface area contributed by atoms with E-state index in [-0.39, 0.29) is 0 Å². The standard InChI is InChI=1S/C23H26N6/c1-2-6-18(7-3-1)14-29-17-24-13-20(29)16-28-11-9-21-19(15-28)12-26-23(27-21)22-8-4-5-10-25-22/h1-3,6-7,12-13,17H,4-5,8-11,14-16H2. The zero-order chi connectivity index (χ0) is 19.5. The van der Waals surface area contributed by atoms with Gasteiger partial charge in [-0.3, -0.25) is 9.89 Å². The van der Waals surface area contributed by atoms with Crippen LogP contribution in [0.3, 0.4) is 0 Å². The van der Waals surface area contributed by atoms with Crippen molar-refractivity contribution in [2.75, 3.05) is 13.1 Å². The molecule has 2 aliphatic heterocycles. The van der Waals surface area contributed by atoms with Crippen molar-refractivity contribution in [3.05, 3.63) is 77.4 Å². The fourth-order valence-corrected chi connectivity index (χ4v) is 4.16. The maximum atomic E-state index is 4.86. The van der Waals surface area contributed by atoms with Crippen LogP contribution in [0.1, 0.15) is 47.6 Å². The molecule has 0 saturated carbocycles. The Balaban J connectivity index is 1.27. The number of rotatable bonds is 5. The van der Waals surface area contributed by atoms with Gasteiger partial charge in [-0.25, -0.2) is 15.0 Å². The van der Waals surface area contributed by atoms with Crippen molar-refractivity contribution in [2.45, 2.75) is 45.3 Å². The molecule has 0 atom stereocenters. The van der Waals surface area contributed by atoms with Crippen LogP contribution >= 0.6 is 0 Å². The molecule has 0 amide bonds. The van der Waals surface area contributed by atoms with Crippen LogP contribution < -0.4 is 0 Å². The Morgan fingerprint density at radius 1 is 0.966 bits per heavy atom. The van der Waals surface area contributed by atoms with Gasteiger partial charge in [-0.15, -0.1) is 0 Å². The maximum absolute atomic E-state index is 4.86. The average Bonchev–Trinajstić information content (AvgIpc) is 3.21. The number of imidazole rings is 1. The number of hydrogen-bond acceptors (Lipinski definition) is 5. The van der Waals surface area contributed by atoms with E-state index in [1.165, 1.54) is 35.4 Å². The molecule has 6 heteroatoms. The van der Waals surface area contributed by atoms with Gasteiger partial charge in [-0.2, -0.15) is 0 Å². The summed E-state index contributed by atoms with van der Waals surface area (Å²) in [6.45, 7) is 4.56. The van der Waals surface area contributed by atoms with E-state index in [1.807, 2.05) is 18.7 Å². The lowest BCUT2D eigenvalue weighted by Gasteiger charge is -2.28. The summed E-state index contributed by atoms with van der Waals surface area (Å²) in [5.41, 5.74) is 6.06.